The van der Waals surface area contributed by atoms with Gasteiger partial charge in [-0.05, 0) is 5.76 Å². The molecule has 0 heterocycles. The van der Waals surface area contributed by atoms with E-state index in [1.54, 1.807) is 0 Å². The first-order valence-corrected chi connectivity index (χ1v) is 3.12. The van der Waals surface area contributed by atoms with E-state index in [4.69, 9.17) is 29.4 Å². The molecule has 12 heavy (non-hydrogen) atoms. The molecule has 0 aliphatic heterocycles. The third-order valence-corrected chi connectivity index (χ3v) is 0.946. The van der Waals surface area contributed by atoms with E-state index in [0.717, 1.165) is 0 Å². The van der Waals surface area contributed by atoms with Crippen LogP contribution in [0.2, 0.25) is 0 Å². The maximum absolute atomic E-state index is 8.67. The van der Waals surface area contributed by atoms with E-state index >= 15 is 0 Å². The van der Waals surface area contributed by atoms with Crippen LogP contribution in [0.15, 0.2) is 5.76 Å². The van der Waals surface area contributed by atoms with Crippen LogP contribution in [0.1, 0.15) is 0 Å². The summed E-state index contributed by atoms with van der Waals surface area (Å²) in [5.41, 5.74) is 0. The van der Waals surface area contributed by atoms with E-state index in [2.05, 4.69) is 15.7 Å². The van der Waals surface area contributed by atoms with Crippen LogP contribution in [-0.2, 0) is 19.5 Å². The van der Waals surface area contributed by atoms with Gasteiger partial charge in [-0.3, -0.25) is 6.26 Å². The SMILES string of the molecule is O[C-]=C(O)[C@H](O)[C@@H](O)CO.[O]=[Co]. The van der Waals surface area contributed by atoms with Crippen LogP contribution in [0.25, 0.3) is 0 Å². The van der Waals surface area contributed by atoms with Crippen LogP contribution in [0.5, 0.6) is 0 Å². The van der Waals surface area contributed by atoms with Gasteiger partial charge in [-0.2, -0.15) is 0 Å². The first-order chi connectivity index (χ1) is 5.63. The van der Waals surface area contributed by atoms with E-state index in [1.165, 1.54) is 6.26 Å². The van der Waals surface area contributed by atoms with Gasteiger partial charge in [-0.1, -0.05) is 0 Å². The predicted octanol–water partition coefficient (Wildman–Crippen LogP) is -1.66. The van der Waals surface area contributed by atoms with Gasteiger partial charge in [0.25, 0.3) is 0 Å². The first kappa shape index (κ1) is 14.1. The molecule has 75 valence electrons. The fraction of sp³-hybridized carbons (Fsp3) is 0.600. The summed E-state index contributed by atoms with van der Waals surface area (Å²) in [7, 11) is 0. The van der Waals surface area contributed by atoms with Crippen molar-refractivity contribution in [2.45, 2.75) is 12.2 Å². The zero-order valence-electron chi connectivity index (χ0n) is 5.84. The average Bonchev–Trinajstić information content (AvgIpc) is 2.17. The monoisotopic (exact) mass is 224 g/mol. The molecule has 0 saturated carbocycles. The normalized spacial score (nSPS) is 15.8. The van der Waals surface area contributed by atoms with Crippen molar-refractivity contribution in [3.05, 3.63) is 12.0 Å². The van der Waals surface area contributed by atoms with Crippen LogP contribution in [0.4, 0.5) is 0 Å². The Bertz CT molecular complexity index is 138. The van der Waals surface area contributed by atoms with Crippen molar-refractivity contribution in [3.63, 3.8) is 0 Å². The first-order valence-electron chi connectivity index (χ1n) is 2.70. The Hall–Kier alpha value is -0.474. The molecule has 0 fully saturated rings. The molecule has 0 spiro atoms. The second-order valence-electron chi connectivity index (χ2n) is 1.69. The second-order valence-corrected chi connectivity index (χ2v) is 1.69. The summed E-state index contributed by atoms with van der Waals surface area (Å²) in [4.78, 5) is 0. The topological polar surface area (TPSA) is 118 Å². The average molecular weight is 224 g/mol. The fourth-order valence-corrected chi connectivity index (χ4v) is 0.348. The molecule has 0 saturated heterocycles. The molecule has 0 amide bonds. The molecular formula is C5H9CoO6-. The van der Waals surface area contributed by atoms with E-state index in [0.29, 0.717) is 0 Å². The van der Waals surface area contributed by atoms with E-state index in [1.807, 2.05) is 0 Å². The molecule has 0 aromatic heterocycles. The van der Waals surface area contributed by atoms with Gasteiger partial charge in [0.15, 0.2) is 0 Å². The number of rotatable bonds is 3. The van der Waals surface area contributed by atoms with Crippen LogP contribution in [-0.4, -0.2) is 44.3 Å². The van der Waals surface area contributed by atoms with Gasteiger partial charge in [0.1, 0.15) is 12.2 Å². The molecule has 0 aliphatic carbocycles. The van der Waals surface area contributed by atoms with Crippen LogP contribution >= 0.6 is 0 Å². The molecule has 0 unspecified atom stereocenters. The molecule has 0 aromatic carbocycles. The molecule has 0 radical (unpaired) electrons. The zero-order chi connectivity index (χ0) is 10.1. The Labute approximate surface area is 76.6 Å². The predicted molar refractivity (Wildman–Crippen MR) is 31.8 cm³/mol. The van der Waals surface area contributed by atoms with Crippen molar-refractivity contribution >= 4 is 0 Å². The quantitative estimate of drug-likeness (QED) is 0.289. The minimum atomic E-state index is -1.69. The Balaban J connectivity index is 0. The Morgan fingerprint density at radius 2 is 1.83 bits per heavy atom. The molecule has 0 rings (SSSR count). The summed E-state index contributed by atoms with van der Waals surface area (Å²) in [5.74, 6) is -0.901. The number of aliphatic hydroxyl groups is 5. The Kier molecular flexibility index (Phi) is 10.1. The fourth-order valence-electron chi connectivity index (χ4n) is 0.348. The molecule has 7 heteroatoms. The Morgan fingerprint density at radius 1 is 1.42 bits per heavy atom. The van der Waals surface area contributed by atoms with Gasteiger partial charge >= 0.3 is 19.5 Å². The van der Waals surface area contributed by atoms with Crippen LogP contribution < -0.4 is 0 Å². The Morgan fingerprint density at radius 3 is 2.08 bits per heavy atom. The van der Waals surface area contributed by atoms with Gasteiger partial charge < -0.3 is 25.5 Å². The van der Waals surface area contributed by atoms with Gasteiger partial charge in [-0.15, -0.1) is 0 Å². The summed E-state index contributed by atoms with van der Waals surface area (Å²) >= 11 is 2.31. The maximum atomic E-state index is 8.67. The molecular weight excluding hydrogens is 215 g/mol. The number of aliphatic hydroxyl groups excluding tert-OH is 5. The van der Waals surface area contributed by atoms with Gasteiger partial charge in [0, 0.05) is 0 Å². The van der Waals surface area contributed by atoms with Crippen molar-refractivity contribution in [1.82, 2.24) is 0 Å². The van der Waals surface area contributed by atoms with Crippen molar-refractivity contribution < 1.29 is 45.1 Å². The van der Waals surface area contributed by atoms with E-state index < -0.39 is 24.6 Å². The van der Waals surface area contributed by atoms with Crippen molar-refractivity contribution in [2.24, 2.45) is 0 Å². The number of hydrogen-bond donors (Lipinski definition) is 5. The second kappa shape index (κ2) is 8.62. The number of hydrogen-bond acceptors (Lipinski definition) is 6. The van der Waals surface area contributed by atoms with Crippen molar-refractivity contribution in [1.29, 1.82) is 0 Å². The third-order valence-electron chi connectivity index (χ3n) is 0.946. The zero-order valence-corrected chi connectivity index (χ0v) is 6.88. The summed E-state index contributed by atoms with van der Waals surface area (Å²) in [5, 5.41) is 41.9. The summed E-state index contributed by atoms with van der Waals surface area (Å²) in [6.45, 7) is -0.701. The van der Waals surface area contributed by atoms with Crippen molar-refractivity contribution in [2.75, 3.05) is 6.61 Å². The van der Waals surface area contributed by atoms with Gasteiger partial charge in [0.2, 0.25) is 0 Å². The van der Waals surface area contributed by atoms with E-state index in [9.17, 15) is 0 Å². The molecule has 5 N–H and O–H groups in total. The summed E-state index contributed by atoms with van der Waals surface area (Å²) in [6.07, 6.45) is -1.95. The van der Waals surface area contributed by atoms with Gasteiger partial charge in [-0.25, -0.2) is 0 Å². The van der Waals surface area contributed by atoms with E-state index in [-0.39, 0.29) is 0 Å². The third kappa shape index (κ3) is 5.21. The molecule has 0 aliphatic rings. The van der Waals surface area contributed by atoms with Crippen LogP contribution in [0.3, 0.4) is 0 Å². The van der Waals surface area contributed by atoms with Crippen LogP contribution in [0, 0.1) is 6.26 Å². The molecule has 6 nitrogen and oxygen atoms in total. The molecule has 2 atom stereocenters. The minimum absolute atomic E-state index is 0.701. The molecule has 0 aromatic rings. The summed E-state index contributed by atoms with van der Waals surface area (Å²) in [6, 6.07) is 0. The molecule has 0 bridgehead atoms. The van der Waals surface area contributed by atoms with Crippen molar-refractivity contribution in [3.8, 4) is 0 Å². The summed E-state index contributed by atoms with van der Waals surface area (Å²) < 4.78 is 7.94. The standard InChI is InChI=1S/C5H9O5.Co.O/c6-1-3(8)5(10)4(9)2-7;;/h3,5-10H,1H2;;/q-1;;/t3-,5+;;/m0../s1. The van der Waals surface area contributed by atoms with Gasteiger partial charge in [0.05, 0.1) is 6.61 Å².